The summed E-state index contributed by atoms with van der Waals surface area (Å²) in [7, 11) is 0. The van der Waals surface area contributed by atoms with Gasteiger partial charge in [-0.1, -0.05) is 18.2 Å². The van der Waals surface area contributed by atoms with E-state index in [0.717, 1.165) is 16.8 Å². The molecule has 0 saturated carbocycles. The van der Waals surface area contributed by atoms with Crippen LogP contribution >= 0.6 is 0 Å². The van der Waals surface area contributed by atoms with Crippen LogP contribution in [-0.4, -0.2) is 23.2 Å². The number of H-pyrrole nitrogens is 1. The van der Waals surface area contributed by atoms with Gasteiger partial charge in [0.05, 0.1) is 0 Å². The van der Waals surface area contributed by atoms with Crippen LogP contribution in [0.2, 0.25) is 0 Å². The summed E-state index contributed by atoms with van der Waals surface area (Å²) in [6.07, 6.45) is 3.22. The molecule has 2 aromatic rings. The Labute approximate surface area is 135 Å². The first-order valence-electron chi connectivity index (χ1n) is 7.52. The molecule has 1 aromatic heterocycles. The van der Waals surface area contributed by atoms with E-state index in [-0.39, 0.29) is 5.43 Å². The Balaban J connectivity index is 2.02. The van der Waals surface area contributed by atoms with Gasteiger partial charge in [-0.25, -0.2) is 4.79 Å². The first-order valence-corrected chi connectivity index (χ1v) is 7.52. The minimum Gasteiger partial charge on any atom is -0.444 e. The molecule has 1 amide bonds. The average molecular weight is 314 g/mol. The number of pyridine rings is 1. The summed E-state index contributed by atoms with van der Waals surface area (Å²) >= 11 is 0. The third kappa shape index (κ3) is 4.98. The molecule has 1 heterocycles. The van der Waals surface area contributed by atoms with Crippen molar-refractivity contribution in [1.82, 2.24) is 10.3 Å². The second-order valence-electron chi connectivity index (χ2n) is 6.41. The number of ether oxygens (including phenoxy) is 1. The van der Waals surface area contributed by atoms with Crippen LogP contribution in [-0.2, 0) is 4.74 Å². The monoisotopic (exact) mass is 314 g/mol. The minimum atomic E-state index is -0.509. The van der Waals surface area contributed by atoms with Crippen molar-refractivity contribution in [2.45, 2.75) is 33.3 Å². The molecule has 0 aliphatic heterocycles. The zero-order valence-electron chi connectivity index (χ0n) is 13.9. The molecule has 0 unspecified atom stereocenters. The number of rotatable bonds is 3. The Morgan fingerprint density at radius 1 is 1.30 bits per heavy atom. The highest BCUT2D eigenvalue weighted by atomic mass is 16.6. The van der Waals surface area contributed by atoms with Crippen LogP contribution in [0.25, 0.3) is 17.0 Å². The lowest BCUT2D eigenvalue weighted by Gasteiger charge is -2.19. The highest BCUT2D eigenvalue weighted by Crippen LogP contribution is 2.12. The standard InChI is InChI=1S/C18H22N2O3/c1-12-10-16(21)14-11-13(7-8-15(14)20-12)6-5-9-19-17(22)23-18(2,3)4/h5-8,10-11H,9H2,1-4H3,(H,19,22)(H,20,21). The van der Waals surface area contributed by atoms with E-state index >= 15 is 0 Å². The van der Waals surface area contributed by atoms with E-state index < -0.39 is 11.7 Å². The molecule has 0 spiro atoms. The Morgan fingerprint density at radius 2 is 2.04 bits per heavy atom. The minimum absolute atomic E-state index is 0.00150. The number of nitrogens with one attached hydrogen (secondary N) is 2. The van der Waals surface area contributed by atoms with E-state index in [0.29, 0.717) is 11.9 Å². The van der Waals surface area contributed by atoms with Crippen LogP contribution in [0.4, 0.5) is 4.79 Å². The summed E-state index contributed by atoms with van der Waals surface area (Å²) in [4.78, 5) is 26.7. The highest BCUT2D eigenvalue weighted by molar-refractivity contribution is 5.81. The van der Waals surface area contributed by atoms with E-state index in [1.54, 1.807) is 6.07 Å². The van der Waals surface area contributed by atoms with Crippen LogP contribution < -0.4 is 10.7 Å². The molecule has 23 heavy (non-hydrogen) atoms. The Bertz CT molecular complexity index is 798. The molecule has 0 bridgehead atoms. The molecular formula is C18H22N2O3. The normalized spacial score (nSPS) is 11.8. The second kappa shape index (κ2) is 6.69. The lowest BCUT2D eigenvalue weighted by atomic mass is 10.1. The van der Waals surface area contributed by atoms with Crippen molar-refractivity contribution >= 4 is 23.1 Å². The summed E-state index contributed by atoms with van der Waals surface area (Å²) in [5.41, 5.74) is 2.05. The van der Waals surface area contributed by atoms with Gasteiger partial charge in [-0.05, 0) is 45.4 Å². The van der Waals surface area contributed by atoms with E-state index in [1.807, 2.05) is 58.0 Å². The van der Waals surface area contributed by atoms with E-state index in [9.17, 15) is 9.59 Å². The quantitative estimate of drug-likeness (QED) is 0.912. The van der Waals surface area contributed by atoms with Crippen LogP contribution in [0, 0.1) is 6.92 Å². The van der Waals surface area contributed by atoms with Crippen LogP contribution in [0.5, 0.6) is 0 Å². The number of aromatic amines is 1. The van der Waals surface area contributed by atoms with Gasteiger partial charge in [-0.2, -0.15) is 0 Å². The van der Waals surface area contributed by atoms with E-state index in [2.05, 4.69) is 10.3 Å². The molecule has 0 fully saturated rings. The van der Waals surface area contributed by atoms with Crippen molar-refractivity contribution in [3.8, 4) is 0 Å². The van der Waals surface area contributed by atoms with Crippen molar-refractivity contribution in [3.63, 3.8) is 0 Å². The summed E-state index contributed by atoms with van der Waals surface area (Å²) in [6.45, 7) is 7.67. The topological polar surface area (TPSA) is 71.2 Å². The Hall–Kier alpha value is -2.56. The fraction of sp³-hybridized carbons (Fsp3) is 0.333. The molecule has 0 radical (unpaired) electrons. The lowest BCUT2D eigenvalue weighted by molar-refractivity contribution is 0.0534. The summed E-state index contributed by atoms with van der Waals surface area (Å²) in [6, 6.07) is 7.21. The van der Waals surface area contributed by atoms with Gasteiger partial charge in [0, 0.05) is 29.2 Å². The molecule has 0 aliphatic carbocycles. The molecule has 2 N–H and O–H groups in total. The lowest BCUT2D eigenvalue weighted by Crippen LogP contribution is -2.32. The smallest absolute Gasteiger partial charge is 0.407 e. The van der Waals surface area contributed by atoms with Gasteiger partial charge in [0.15, 0.2) is 5.43 Å². The number of aromatic nitrogens is 1. The van der Waals surface area contributed by atoms with Gasteiger partial charge in [0.1, 0.15) is 5.60 Å². The predicted octanol–water partition coefficient (Wildman–Crippen LogP) is 3.37. The highest BCUT2D eigenvalue weighted by Gasteiger charge is 2.14. The zero-order valence-corrected chi connectivity index (χ0v) is 13.9. The molecule has 0 atom stereocenters. The third-order valence-corrected chi connectivity index (χ3v) is 3.06. The zero-order chi connectivity index (χ0) is 17.0. The third-order valence-electron chi connectivity index (χ3n) is 3.06. The fourth-order valence-corrected chi connectivity index (χ4v) is 2.15. The van der Waals surface area contributed by atoms with Crippen LogP contribution in [0.15, 0.2) is 35.1 Å². The fourth-order valence-electron chi connectivity index (χ4n) is 2.15. The number of aryl methyl sites for hydroxylation is 1. The van der Waals surface area contributed by atoms with Gasteiger partial charge in [0.25, 0.3) is 0 Å². The number of alkyl carbamates (subject to hydrolysis) is 1. The molecular weight excluding hydrogens is 292 g/mol. The molecule has 5 nitrogen and oxygen atoms in total. The van der Waals surface area contributed by atoms with Gasteiger partial charge < -0.3 is 15.0 Å². The Morgan fingerprint density at radius 3 is 2.74 bits per heavy atom. The van der Waals surface area contributed by atoms with Crippen molar-refractivity contribution < 1.29 is 9.53 Å². The van der Waals surface area contributed by atoms with Gasteiger partial charge in [-0.15, -0.1) is 0 Å². The number of carbonyl (C=O) groups excluding carboxylic acids is 1. The maximum Gasteiger partial charge on any atom is 0.407 e. The summed E-state index contributed by atoms with van der Waals surface area (Å²) in [5, 5.41) is 3.30. The molecule has 5 heteroatoms. The van der Waals surface area contributed by atoms with Crippen LogP contribution in [0.3, 0.4) is 0 Å². The molecule has 0 aliphatic rings. The second-order valence-corrected chi connectivity index (χ2v) is 6.41. The molecule has 0 saturated heterocycles. The number of hydrogen-bond acceptors (Lipinski definition) is 3. The first-order chi connectivity index (χ1) is 10.7. The van der Waals surface area contributed by atoms with Crippen LogP contribution in [0.1, 0.15) is 32.0 Å². The summed E-state index contributed by atoms with van der Waals surface area (Å²) in [5.74, 6) is 0. The Kier molecular flexibility index (Phi) is 4.89. The molecule has 122 valence electrons. The predicted molar refractivity (Wildman–Crippen MR) is 92.6 cm³/mol. The maximum atomic E-state index is 12.0. The van der Waals surface area contributed by atoms with Gasteiger partial charge >= 0.3 is 6.09 Å². The number of amides is 1. The van der Waals surface area contributed by atoms with Gasteiger partial charge in [0.2, 0.25) is 0 Å². The maximum absolute atomic E-state index is 12.0. The first kappa shape index (κ1) is 16.8. The molecule has 2 rings (SSSR count). The number of carbonyl (C=O) groups is 1. The molecule has 1 aromatic carbocycles. The number of fused-ring (bicyclic) bond motifs is 1. The van der Waals surface area contributed by atoms with Crippen molar-refractivity contribution in [2.24, 2.45) is 0 Å². The van der Waals surface area contributed by atoms with Crippen molar-refractivity contribution in [1.29, 1.82) is 0 Å². The van der Waals surface area contributed by atoms with Crippen molar-refractivity contribution in [3.05, 3.63) is 51.8 Å². The largest absolute Gasteiger partial charge is 0.444 e. The number of benzene rings is 1. The van der Waals surface area contributed by atoms with E-state index in [4.69, 9.17) is 4.74 Å². The SMILES string of the molecule is Cc1cc(=O)c2cc(C=CCNC(=O)OC(C)(C)C)ccc2[nH]1. The van der Waals surface area contributed by atoms with E-state index in [1.165, 1.54) is 0 Å². The number of hydrogen-bond donors (Lipinski definition) is 2. The average Bonchev–Trinajstić information content (AvgIpc) is 2.42. The van der Waals surface area contributed by atoms with Gasteiger partial charge in [-0.3, -0.25) is 4.79 Å². The summed E-state index contributed by atoms with van der Waals surface area (Å²) < 4.78 is 5.15. The van der Waals surface area contributed by atoms with Crippen molar-refractivity contribution in [2.75, 3.05) is 6.54 Å².